The van der Waals surface area contributed by atoms with Crippen LogP contribution < -0.4 is 14.8 Å². The van der Waals surface area contributed by atoms with Crippen molar-refractivity contribution in [2.75, 3.05) is 32.6 Å². The summed E-state index contributed by atoms with van der Waals surface area (Å²) in [6.45, 7) is 1.60. The lowest BCUT2D eigenvalue weighted by Crippen LogP contribution is -2.36. The molecule has 1 fully saturated rings. The average molecular weight is 342 g/mol. The summed E-state index contributed by atoms with van der Waals surface area (Å²) in [5.41, 5.74) is 1.17. The number of ether oxygens (including phenoxy) is 2. The Balaban J connectivity index is 1.69. The van der Waals surface area contributed by atoms with Crippen LogP contribution in [0.3, 0.4) is 0 Å². The molecule has 1 saturated heterocycles. The summed E-state index contributed by atoms with van der Waals surface area (Å²) < 4.78 is 10.5. The molecule has 1 aromatic heterocycles. The molecule has 1 aliphatic rings. The second kappa shape index (κ2) is 7.83. The summed E-state index contributed by atoms with van der Waals surface area (Å²) >= 11 is 0. The minimum atomic E-state index is -0.0510. The molecule has 25 heavy (non-hydrogen) atoms. The number of hydrogen-bond donors (Lipinski definition) is 1. The van der Waals surface area contributed by atoms with E-state index in [1.807, 2.05) is 23.1 Å². The molecule has 1 N–H and O–H groups in total. The molecule has 3 rings (SSSR count). The van der Waals surface area contributed by atoms with Crippen LogP contribution in [0.1, 0.15) is 29.8 Å². The monoisotopic (exact) mass is 342 g/mol. The third-order valence-electron chi connectivity index (χ3n) is 4.17. The maximum Gasteiger partial charge on any atom is 0.274 e. The number of hydrogen-bond acceptors (Lipinski definition) is 6. The van der Waals surface area contributed by atoms with E-state index in [4.69, 9.17) is 9.47 Å². The minimum absolute atomic E-state index is 0.0510. The van der Waals surface area contributed by atoms with E-state index in [2.05, 4.69) is 15.3 Å². The van der Waals surface area contributed by atoms with Crippen molar-refractivity contribution < 1.29 is 14.3 Å². The Hall–Kier alpha value is -2.83. The molecule has 0 unspecified atom stereocenters. The largest absolute Gasteiger partial charge is 0.493 e. The molecule has 0 atom stereocenters. The van der Waals surface area contributed by atoms with E-state index in [0.29, 0.717) is 23.0 Å². The van der Waals surface area contributed by atoms with Crippen LogP contribution in [0.2, 0.25) is 0 Å². The van der Waals surface area contributed by atoms with Gasteiger partial charge in [0.1, 0.15) is 11.5 Å². The highest BCUT2D eigenvalue weighted by atomic mass is 16.5. The van der Waals surface area contributed by atoms with E-state index in [9.17, 15) is 4.79 Å². The van der Waals surface area contributed by atoms with Crippen molar-refractivity contribution in [2.24, 2.45) is 0 Å². The van der Waals surface area contributed by atoms with Crippen LogP contribution in [0.25, 0.3) is 0 Å². The number of anilines is 2. The van der Waals surface area contributed by atoms with E-state index in [0.717, 1.165) is 31.6 Å². The fraction of sp³-hybridized carbons (Fsp3) is 0.389. The van der Waals surface area contributed by atoms with Crippen molar-refractivity contribution in [2.45, 2.75) is 19.3 Å². The summed E-state index contributed by atoms with van der Waals surface area (Å²) in [5.74, 6) is 1.78. The van der Waals surface area contributed by atoms with Crippen molar-refractivity contribution >= 4 is 17.4 Å². The van der Waals surface area contributed by atoms with Crippen LogP contribution >= 0.6 is 0 Å². The molecule has 2 aromatic rings. The second-order valence-electron chi connectivity index (χ2n) is 5.83. The first-order chi connectivity index (χ1) is 12.2. The maximum absolute atomic E-state index is 12.4. The van der Waals surface area contributed by atoms with Gasteiger partial charge in [0.05, 0.1) is 26.6 Å². The van der Waals surface area contributed by atoms with Gasteiger partial charge >= 0.3 is 0 Å². The second-order valence-corrected chi connectivity index (χ2v) is 5.83. The Kier molecular flexibility index (Phi) is 5.33. The van der Waals surface area contributed by atoms with E-state index in [1.54, 1.807) is 20.4 Å². The van der Waals surface area contributed by atoms with Crippen LogP contribution in [0, 0.1) is 0 Å². The molecule has 7 nitrogen and oxygen atoms in total. The molecule has 132 valence electrons. The van der Waals surface area contributed by atoms with E-state index < -0.39 is 0 Å². The topological polar surface area (TPSA) is 76.6 Å². The lowest BCUT2D eigenvalue weighted by molar-refractivity contribution is 0.0718. The standard InChI is InChI=1S/C18H22N4O3/c1-24-15-7-6-13(10-16(15)25-2)21-17-12-19-14(11-20-17)18(23)22-8-4-3-5-9-22/h6-7,10-12H,3-5,8-9H2,1-2H3,(H,20,21). The fourth-order valence-electron chi connectivity index (χ4n) is 2.82. The van der Waals surface area contributed by atoms with Crippen LogP contribution in [0.15, 0.2) is 30.6 Å². The zero-order chi connectivity index (χ0) is 17.6. The van der Waals surface area contributed by atoms with Gasteiger partial charge in [0.25, 0.3) is 5.91 Å². The van der Waals surface area contributed by atoms with Crippen molar-refractivity contribution in [3.8, 4) is 11.5 Å². The van der Waals surface area contributed by atoms with Gasteiger partial charge in [-0.1, -0.05) is 0 Å². The summed E-state index contributed by atoms with van der Waals surface area (Å²) in [5, 5.41) is 3.14. The number of nitrogens with zero attached hydrogens (tertiary/aromatic N) is 3. The number of likely N-dealkylation sites (tertiary alicyclic amines) is 1. The molecule has 0 spiro atoms. The Bertz CT molecular complexity index is 728. The first kappa shape index (κ1) is 17.0. The van der Waals surface area contributed by atoms with Gasteiger partial charge in [0.2, 0.25) is 0 Å². The van der Waals surface area contributed by atoms with Gasteiger partial charge in [-0.3, -0.25) is 4.79 Å². The van der Waals surface area contributed by atoms with Crippen molar-refractivity contribution in [1.29, 1.82) is 0 Å². The van der Waals surface area contributed by atoms with Crippen molar-refractivity contribution in [3.63, 3.8) is 0 Å². The third-order valence-corrected chi connectivity index (χ3v) is 4.17. The summed E-state index contributed by atoms with van der Waals surface area (Å²) in [6.07, 6.45) is 6.37. The smallest absolute Gasteiger partial charge is 0.274 e. The molecule has 1 aliphatic heterocycles. The zero-order valence-electron chi connectivity index (χ0n) is 14.5. The number of carbonyl (C=O) groups excluding carboxylic acids is 1. The molecule has 1 amide bonds. The van der Waals surface area contributed by atoms with Crippen LogP contribution in [0.5, 0.6) is 11.5 Å². The highest BCUT2D eigenvalue weighted by molar-refractivity contribution is 5.92. The minimum Gasteiger partial charge on any atom is -0.493 e. The average Bonchev–Trinajstić information content (AvgIpc) is 2.68. The normalized spacial score (nSPS) is 14.1. The SMILES string of the molecule is COc1ccc(Nc2cnc(C(=O)N3CCCCC3)cn2)cc1OC. The molecule has 0 radical (unpaired) electrons. The van der Waals surface area contributed by atoms with E-state index >= 15 is 0 Å². The molecule has 0 saturated carbocycles. The summed E-state index contributed by atoms with van der Waals surface area (Å²) in [7, 11) is 3.18. The number of carbonyl (C=O) groups is 1. The predicted octanol–water partition coefficient (Wildman–Crippen LogP) is 2.86. The molecule has 0 bridgehead atoms. The summed E-state index contributed by atoms with van der Waals surface area (Å²) in [6, 6.07) is 5.48. The van der Waals surface area contributed by atoms with Gasteiger partial charge in [-0.2, -0.15) is 0 Å². The van der Waals surface area contributed by atoms with Crippen molar-refractivity contribution in [1.82, 2.24) is 14.9 Å². The van der Waals surface area contributed by atoms with Gasteiger partial charge in [-0.05, 0) is 31.4 Å². The molecule has 7 heteroatoms. The number of methoxy groups -OCH3 is 2. The molecule has 1 aromatic carbocycles. The number of nitrogens with one attached hydrogen (secondary N) is 1. The Morgan fingerprint density at radius 2 is 1.80 bits per heavy atom. The van der Waals surface area contributed by atoms with E-state index in [-0.39, 0.29) is 5.91 Å². The van der Waals surface area contributed by atoms with Crippen LogP contribution in [-0.2, 0) is 0 Å². The van der Waals surface area contributed by atoms with Gasteiger partial charge in [-0.25, -0.2) is 9.97 Å². The Morgan fingerprint density at radius 1 is 1.04 bits per heavy atom. The highest BCUT2D eigenvalue weighted by Crippen LogP contribution is 2.30. The van der Waals surface area contributed by atoms with Gasteiger partial charge in [0.15, 0.2) is 11.5 Å². The number of amides is 1. The maximum atomic E-state index is 12.4. The molecule has 2 heterocycles. The van der Waals surface area contributed by atoms with E-state index in [1.165, 1.54) is 12.6 Å². The van der Waals surface area contributed by atoms with Gasteiger partial charge in [0, 0.05) is 24.8 Å². The molecule has 0 aliphatic carbocycles. The lowest BCUT2D eigenvalue weighted by atomic mass is 10.1. The van der Waals surface area contributed by atoms with Gasteiger partial charge in [-0.15, -0.1) is 0 Å². The number of benzene rings is 1. The number of aromatic nitrogens is 2. The quantitative estimate of drug-likeness (QED) is 0.900. The summed E-state index contributed by atoms with van der Waals surface area (Å²) in [4.78, 5) is 22.8. The zero-order valence-corrected chi connectivity index (χ0v) is 14.5. The lowest BCUT2D eigenvalue weighted by Gasteiger charge is -2.26. The number of piperidine rings is 1. The predicted molar refractivity (Wildman–Crippen MR) is 94.6 cm³/mol. The first-order valence-electron chi connectivity index (χ1n) is 8.31. The Morgan fingerprint density at radius 3 is 2.44 bits per heavy atom. The number of rotatable bonds is 5. The third kappa shape index (κ3) is 3.99. The molecular formula is C18H22N4O3. The van der Waals surface area contributed by atoms with Crippen molar-refractivity contribution in [3.05, 3.63) is 36.3 Å². The fourth-order valence-corrected chi connectivity index (χ4v) is 2.82. The Labute approximate surface area is 147 Å². The van der Waals surface area contributed by atoms with Gasteiger partial charge < -0.3 is 19.7 Å². The van der Waals surface area contributed by atoms with Crippen LogP contribution in [-0.4, -0.2) is 48.1 Å². The molecular weight excluding hydrogens is 320 g/mol. The van der Waals surface area contributed by atoms with Crippen LogP contribution in [0.4, 0.5) is 11.5 Å². The first-order valence-corrected chi connectivity index (χ1v) is 8.31. The highest BCUT2D eigenvalue weighted by Gasteiger charge is 2.19.